The SMILES string of the molecule is CC(=O)C[C@@H]1N=C(c2ccc(F)cc2)c2ccccc2-n2c(C)nnc21.CCC. The third-order valence-electron chi connectivity index (χ3n) is 4.43. The molecular formula is C23H25FN4O. The molecule has 2 heterocycles. The lowest BCUT2D eigenvalue weighted by atomic mass is 10.00. The number of Topliss-reactive ketones (excluding diaryl/α,β-unsaturated/α-hetero) is 1. The van der Waals surface area contributed by atoms with Crippen LogP contribution in [0.2, 0.25) is 0 Å². The van der Waals surface area contributed by atoms with Crippen molar-refractivity contribution in [2.75, 3.05) is 0 Å². The van der Waals surface area contributed by atoms with Crippen LogP contribution in [0.3, 0.4) is 0 Å². The van der Waals surface area contributed by atoms with Gasteiger partial charge in [-0.05, 0) is 44.2 Å². The number of ketones is 1. The fraction of sp³-hybridized carbons (Fsp3) is 0.304. The fourth-order valence-corrected chi connectivity index (χ4v) is 3.29. The summed E-state index contributed by atoms with van der Waals surface area (Å²) < 4.78 is 15.3. The Balaban J connectivity index is 0.000000755. The van der Waals surface area contributed by atoms with E-state index in [1.807, 2.05) is 35.8 Å². The number of aryl methyl sites for hydroxylation is 1. The Morgan fingerprint density at radius 3 is 2.38 bits per heavy atom. The Bertz CT molecular complexity index is 1040. The number of benzene rings is 2. The van der Waals surface area contributed by atoms with Crippen LogP contribution in [0.4, 0.5) is 4.39 Å². The maximum absolute atomic E-state index is 13.4. The topological polar surface area (TPSA) is 60.1 Å². The van der Waals surface area contributed by atoms with Gasteiger partial charge in [-0.25, -0.2) is 4.39 Å². The van der Waals surface area contributed by atoms with Crippen LogP contribution >= 0.6 is 0 Å². The monoisotopic (exact) mass is 392 g/mol. The molecule has 0 fully saturated rings. The third-order valence-corrected chi connectivity index (χ3v) is 4.43. The molecule has 0 aliphatic carbocycles. The highest BCUT2D eigenvalue weighted by atomic mass is 19.1. The van der Waals surface area contributed by atoms with E-state index in [0.29, 0.717) is 5.82 Å². The highest BCUT2D eigenvalue weighted by Crippen LogP contribution is 2.32. The van der Waals surface area contributed by atoms with E-state index in [9.17, 15) is 9.18 Å². The smallest absolute Gasteiger partial charge is 0.162 e. The van der Waals surface area contributed by atoms with Gasteiger partial charge in [0.25, 0.3) is 0 Å². The number of fused-ring (bicyclic) bond motifs is 3. The van der Waals surface area contributed by atoms with Gasteiger partial charge >= 0.3 is 0 Å². The molecule has 0 unspecified atom stereocenters. The van der Waals surface area contributed by atoms with E-state index >= 15 is 0 Å². The maximum atomic E-state index is 13.4. The zero-order valence-corrected chi connectivity index (χ0v) is 17.2. The minimum Gasteiger partial charge on any atom is -0.300 e. The molecule has 4 rings (SSSR count). The van der Waals surface area contributed by atoms with Crippen molar-refractivity contribution in [1.82, 2.24) is 14.8 Å². The summed E-state index contributed by atoms with van der Waals surface area (Å²) >= 11 is 0. The number of hydrogen-bond donors (Lipinski definition) is 0. The molecule has 5 nitrogen and oxygen atoms in total. The van der Waals surface area contributed by atoms with Gasteiger partial charge in [0.1, 0.15) is 23.5 Å². The second kappa shape index (κ2) is 8.90. The van der Waals surface area contributed by atoms with Crippen LogP contribution in [0.5, 0.6) is 0 Å². The van der Waals surface area contributed by atoms with E-state index < -0.39 is 6.04 Å². The molecule has 150 valence electrons. The first-order chi connectivity index (χ1) is 14.0. The second-order valence-corrected chi connectivity index (χ2v) is 7.07. The van der Waals surface area contributed by atoms with Gasteiger partial charge in [-0.3, -0.25) is 14.4 Å². The molecule has 1 atom stereocenters. The second-order valence-electron chi connectivity index (χ2n) is 7.07. The van der Waals surface area contributed by atoms with Crippen molar-refractivity contribution in [3.05, 3.63) is 77.1 Å². The summed E-state index contributed by atoms with van der Waals surface area (Å²) in [7, 11) is 0. The Morgan fingerprint density at radius 2 is 1.72 bits per heavy atom. The van der Waals surface area contributed by atoms with Crippen LogP contribution in [0.1, 0.15) is 62.4 Å². The van der Waals surface area contributed by atoms with Crippen LogP contribution in [-0.2, 0) is 4.79 Å². The number of carbonyl (C=O) groups is 1. The molecule has 1 aromatic heterocycles. The molecular weight excluding hydrogens is 367 g/mol. The first-order valence-electron chi connectivity index (χ1n) is 9.81. The Labute approximate surface area is 170 Å². The van der Waals surface area contributed by atoms with Gasteiger partial charge in [0.2, 0.25) is 0 Å². The molecule has 0 bridgehead atoms. The van der Waals surface area contributed by atoms with E-state index in [2.05, 4.69) is 24.0 Å². The third kappa shape index (κ3) is 4.31. The van der Waals surface area contributed by atoms with Crippen LogP contribution in [0, 0.1) is 12.7 Å². The van der Waals surface area contributed by atoms with E-state index in [4.69, 9.17) is 4.99 Å². The summed E-state index contributed by atoms with van der Waals surface area (Å²) in [4.78, 5) is 16.7. The quantitative estimate of drug-likeness (QED) is 0.630. The molecule has 1 aliphatic heterocycles. The van der Waals surface area contributed by atoms with Crippen LogP contribution in [-0.4, -0.2) is 26.3 Å². The van der Waals surface area contributed by atoms with Gasteiger partial charge in [0.05, 0.1) is 11.4 Å². The lowest BCUT2D eigenvalue weighted by molar-refractivity contribution is -0.117. The lowest BCUT2D eigenvalue weighted by Crippen LogP contribution is -2.09. The summed E-state index contributed by atoms with van der Waals surface area (Å²) in [6.45, 7) is 7.67. The number of nitrogens with zero attached hydrogens (tertiary/aromatic N) is 4. The number of halogens is 1. The first kappa shape index (κ1) is 20.6. The normalized spacial score (nSPS) is 14.7. The predicted octanol–water partition coefficient (Wildman–Crippen LogP) is 5.00. The molecule has 0 amide bonds. The number of aromatic nitrogens is 3. The highest BCUT2D eigenvalue weighted by molar-refractivity contribution is 6.15. The van der Waals surface area contributed by atoms with E-state index in [1.165, 1.54) is 18.6 Å². The molecule has 0 radical (unpaired) electrons. The van der Waals surface area contributed by atoms with E-state index in [0.717, 1.165) is 28.4 Å². The molecule has 3 aromatic rings. The van der Waals surface area contributed by atoms with Crippen molar-refractivity contribution < 1.29 is 9.18 Å². The minimum atomic E-state index is -0.443. The average molecular weight is 392 g/mol. The van der Waals surface area contributed by atoms with E-state index in [-0.39, 0.29) is 18.0 Å². The molecule has 2 aromatic carbocycles. The van der Waals surface area contributed by atoms with Crippen molar-refractivity contribution in [2.24, 2.45) is 4.99 Å². The number of rotatable bonds is 3. The van der Waals surface area contributed by atoms with Gasteiger partial charge in [-0.2, -0.15) is 0 Å². The summed E-state index contributed by atoms with van der Waals surface area (Å²) in [6, 6.07) is 13.6. The molecule has 0 N–H and O–H groups in total. The highest BCUT2D eigenvalue weighted by Gasteiger charge is 2.28. The molecule has 6 heteroatoms. The Hall–Kier alpha value is -3.15. The summed E-state index contributed by atoms with van der Waals surface area (Å²) in [5.41, 5.74) is 3.31. The van der Waals surface area contributed by atoms with Crippen LogP contribution in [0.25, 0.3) is 5.69 Å². The van der Waals surface area contributed by atoms with Crippen molar-refractivity contribution in [1.29, 1.82) is 0 Å². The number of aliphatic imine (C=N–C) groups is 1. The number of carbonyl (C=O) groups excluding carboxylic acids is 1. The molecule has 0 saturated heterocycles. The van der Waals surface area contributed by atoms with Crippen molar-refractivity contribution in [3.8, 4) is 5.69 Å². The summed E-state index contributed by atoms with van der Waals surface area (Å²) in [6.07, 6.45) is 1.48. The van der Waals surface area contributed by atoms with Gasteiger partial charge in [-0.15, -0.1) is 10.2 Å². The van der Waals surface area contributed by atoms with Crippen molar-refractivity contribution >= 4 is 11.5 Å². The Morgan fingerprint density at radius 1 is 1.07 bits per heavy atom. The van der Waals surface area contributed by atoms with Crippen molar-refractivity contribution in [2.45, 2.75) is 46.6 Å². The molecule has 0 spiro atoms. The molecule has 29 heavy (non-hydrogen) atoms. The zero-order chi connectivity index (χ0) is 21.0. The number of para-hydroxylation sites is 1. The fourth-order valence-electron chi connectivity index (χ4n) is 3.29. The largest absolute Gasteiger partial charge is 0.300 e. The van der Waals surface area contributed by atoms with Crippen molar-refractivity contribution in [3.63, 3.8) is 0 Å². The standard InChI is InChI=1S/C20H17FN4O.C3H8/c1-12(26)11-17-20-24-23-13(2)25(20)18-6-4-3-5-16(18)19(22-17)14-7-9-15(21)10-8-14;1-3-2/h3-10,17H,11H2,1-2H3;3H2,1-2H3/t17-;/m0./s1. The summed E-state index contributed by atoms with van der Waals surface area (Å²) in [5, 5.41) is 8.47. The van der Waals surface area contributed by atoms with E-state index in [1.54, 1.807) is 19.1 Å². The van der Waals surface area contributed by atoms with Crippen LogP contribution in [0.15, 0.2) is 53.5 Å². The van der Waals surface area contributed by atoms with Gasteiger partial charge < -0.3 is 0 Å². The minimum absolute atomic E-state index is 0.0235. The molecule has 0 saturated carbocycles. The predicted molar refractivity (Wildman–Crippen MR) is 112 cm³/mol. The molecule has 1 aliphatic rings. The van der Waals surface area contributed by atoms with Gasteiger partial charge in [-0.1, -0.05) is 38.5 Å². The van der Waals surface area contributed by atoms with Crippen LogP contribution < -0.4 is 0 Å². The Kier molecular flexibility index (Phi) is 6.32. The average Bonchev–Trinajstić information content (AvgIpc) is 3.01. The van der Waals surface area contributed by atoms with Gasteiger partial charge in [0, 0.05) is 17.5 Å². The number of hydrogen-bond acceptors (Lipinski definition) is 4. The first-order valence-corrected chi connectivity index (χ1v) is 9.81. The maximum Gasteiger partial charge on any atom is 0.162 e. The zero-order valence-electron chi connectivity index (χ0n) is 17.2. The van der Waals surface area contributed by atoms with Gasteiger partial charge in [0.15, 0.2) is 5.82 Å². The lowest BCUT2D eigenvalue weighted by Gasteiger charge is -2.12. The summed E-state index contributed by atoms with van der Waals surface area (Å²) in [5.74, 6) is 1.10.